The van der Waals surface area contributed by atoms with Gasteiger partial charge < -0.3 is 15.0 Å². The summed E-state index contributed by atoms with van der Waals surface area (Å²) in [5, 5.41) is 0.795. The van der Waals surface area contributed by atoms with Crippen LogP contribution in [0.3, 0.4) is 0 Å². The van der Waals surface area contributed by atoms with Gasteiger partial charge in [0.25, 0.3) is 0 Å². The molecule has 0 bridgehead atoms. The summed E-state index contributed by atoms with van der Waals surface area (Å²) in [7, 11) is 1.28. The first kappa shape index (κ1) is 22.0. The number of fused-ring (bicyclic) bond motifs is 1. The highest BCUT2D eigenvalue weighted by Crippen LogP contribution is 2.29. The van der Waals surface area contributed by atoms with Crippen molar-refractivity contribution < 1.29 is 19.1 Å². The second kappa shape index (κ2) is 9.12. The van der Waals surface area contributed by atoms with E-state index in [4.69, 9.17) is 10.5 Å². The Balaban J connectivity index is 1.84. The van der Waals surface area contributed by atoms with Gasteiger partial charge in [-0.3, -0.25) is 9.59 Å². The first-order chi connectivity index (χ1) is 15.9. The maximum Gasteiger partial charge on any atom is 0.338 e. The number of hydrogen-bond acceptors (Lipinski definition) is 4. The van der Waals surface area contributed by atoms with Crippen LogP contribution in [-0.4, -0.2) is 29.3 Å². The lowest BCUT2D eigenvalue weighted by Crippen LogP contribution is -2.14. The van der Waals surface area contributed by atoms with E-state index in [2.05, 4.69) is 4.57 Å². The van der Waals surface area contributed by atoms with Crippen LogP contribution in [0.2, 0.25) is 0 Å². The molecule has 0 aliphatic rings. The summed E-state index contributed by atoms with van der Waals surface area (Å²) >= 11 is 0. The van der Waals surface area contributed by atoms with Crippen LogP contribution in [0.4, 0.5) is 0 Å². The van der Waals surface area contributed by atoms with Crippen LogP contribution in [0.15, 0.2) is 72.8 Å². The van der Waals surface area contributed by atoms with Crippen LogP contribution in [0, 0.1) is 6.92 Å². The molecule has 0 unspecified atom stereocenters. The zero-order chi connectivity index (χ0) is 23.5. The number of aromatic nitrogens is 1. The Bertz CT molecular complexity index is 1370. The number of ketones is 1. The summed E-state index contributed by atoms with van der Waals surface area (Å²) in [5.74, 6) is -1.31. The van der Waals surface area contributed by atoms with Gasteiger partial charge in [-0.1, -0.05) is 48.5 Å². The van der Waals surface area contributed by atoms with Gasteiger partial charge in [-0.15, -0.1) is 0 Å². The minimum atomic E-state index is -0.570. The van der Waals surface area contributed by atoms with Crippen molar-refractivity contribution in [1.29, 1.82) is 0 Å². The minimum absolute atomic E-state index is 0.0700. The van der Waals surface area contributed by atoms with Gasteiger partial charge in [-0.25, -0.2) is 4.79 Å². The first-order valence-electron chi connectivity index (χ1n) is 10.6. The number of esters is 1. The molecule has 0 fully saturated rings. The number of carbonyl (C=O) groups excluding carboxylic acids is 3. The van der Waals surface area contributed by atoms with Crippen molar-refractivity contribution in [3.05, 3.63) is 106 Å². The molecule has 0 radical (unpaired) electrons. The fourth-order valence-electron chi connectivity index (χ4n) is 4.18. The van der Waals surface area contributed by atoms with Crippen LogP contribution in [0.25, 0.3) is 10.9 Å². The van der Waals surface area contributed by atoms with E-state index in [1.165, 1.54) is 7.11 Å². The molecule has 4 rings (SSSR count). The SMILES string of the molecule is COC(=O)c1ccccc1C(=O)c1ccc2c(c1)c(CC(N)=O)c(C)n2Cc1ccccc1. The summed E-state index contributed by atoms with van der Waals surface area (Å²) < 4.78 is 6.95. The molecule has 3 aromatic carbocycles. The summed E-state index contributed by atoms with van der Waals surface area (Å²) in [6, 6.07) is 22.0. The fraction of sp³-hybridized carbons (Fsp3) is 0.148. The van der Waals surface area contributed by atoms with Gasteiger partial charge in [0.2, 0.25) is 5.91 Å². The quantitative estimate of drug-likeness (QED) is 0.347. The maximum absolute atomic E-state index is 13.3. The van der Waals surface area contributed by atoms with Crippen molar-refractivity contribution in [2.24, 2.45) is 5.73 Å². The van der Waals surface area contributed by atoms with E-state index in [0.717, 1.165) is 27.7 Å². The second-order valence-electron chi connectivity index (χ2n) is 7.88. The Hall–Kier alpha value is -4.19. The number of carbonyl (C=O) groups is 3. The molecule has 0 spiro atoms. The number of primary amides is 1. The predicted molar refractivity (Wildman–Crippen MR) is 126 cm³/mol. The van der Waals surface area contributed by atoms with Crippen LogP contribution < -0.4 is 5.73 Å². The number of ether oxygens (including phenoxy) is 1. The Morgan fingerprint density at radius 1 is 0.909 bits per heavy atom. The number of nitrogens with two attached hydrogens (primary N) is 1. The molecule has 4 aromatic rings. The van der Waals surface area contributed by atoms with Gasteiger partial charge in [0, 0.05) is 34.3 Å². The summed E-state index contributed by atoms with van der Waals surface area (Å²) in [6.45, 7) is 2.58. The average molecular weight is 440 g/mol. The van der Waals surface area contributed by atoms with E-state index in [9.17, 15) is 14.4 Å². The second-order valence-corrected chi connectivity index (χ2v) is 7.88. The van der Waals surface area contributed by atoms with Crippen molar-refractivity contribution in [1.82, 2.24) is 4.57 Å². The topological polar surface area (TPSA) is 91.4 Å². The third kappa shape index (κ3) is 4.28. The molecule has 1 heterocycles. The number of amides is 1. The number of nitrogens with zero attached hydrogens (tertiary/aromatic N) is 1. The monoisotopic (exact) mass is 440 g/mol. The Labute approximate surface area is 191 Å². The van der Waals surface area contributed by atoms with Gasteiger partial charge >= 0.3 is 5.97 Å². The van der Waals surface area contributed by atoms with Crippen LogP contribution >= 0.6 is 0 Å². The molecular weight excluding hydrogens is 416 g/mol. The highest BCUT2D eigenvalue weighted by Gasteiger charge is 2.21. The van der Waals surface area contributed by atoms with E-state index < -0.39 is 11.9 Å². The van der Waals surface area contributed by atoms with E-state index in [1.807, 2.05) is 43.3 Å². The van der Waals surface area contributed by atoms with Gasteiger partial charge in [-0.2, -0.15) is 0 Å². The molecule has 0 saturated heterocycles. The van der Waals surface area contributed by atoms with Crippen molar-refractivity contribution in [3.63, 3.8) is 0 Å². The molecule has 0 aliphatic heterocycles. The third-order valence-electron chi connectivity index (χ3n) is 5.83. The van der Waals surface area contributed by atoms with Crippen LogP contribution in [0.5, 0.6) is 0 Å². The van der Waals surface area contributed by atoms with Crippen LogP contribution in [-0.2, 0) is 22.5 Å². The number of methoxy groups -OCH3 is 1. The molecule has 1 aromatic heterocycles. The van der Waals surface area contributed by atoms with Crippen LogP contribution in [0.1, 0.15) is 43.1 Å². The van der Waals surface area contributed by atoms with E-state index >= 15 is 0 Å². The average Bonchev–Trinajstić information content (AvgIpc) is 3.08. The third-order valence-corrected chi connectivity index (χ3v) is 5.83. The predicted octanol–water partition coefficient (Wildman–Crippen LogP) is 4.04. The molecular formula is C27H24N2O4. The molecule has 0 saturated carbocycles. The molecule has 6 nitrogen and oxygen atoms in total. The Morgan fingerprint density at radius 2 is 1.58 bits per heavy atom. The normalized spacial score (nSPS) is 10.8. The van der Waals surface area contributed by atoms with Crippen molar-refractivity contribution in [2.45, 2.75) is 19.9 Å². The molecule has 0 aliphatic carbocycles. The van der Waals surface area contributed by atoms with E-state index in [1.54, 1.807) is 36.4 Å². The minimum Gasteiger partial charge on any atom is -0.465 e. The van der Waals surface area contributed by atoms with E-state index in [-0.39, 0.29) is 23.3 Å². The van der Waals surface area contributed by atoms with Crippen molar-refractivity contribution >= 4 is 28.6 Å². The van der Waals surface area contributed by atoms with Gasteiger partial charge in [-0.05, 0) is 42.3 Å². The lowest BCUT2D eigenvalue weighted by Gasteiger charge is -2.10. The maximum atomic E-state index is 13.3. The van der Waals surface area contributed by atoms with Crippen molar-refractivity contribution in [3.8, 4) is 0 Å². The number of benzene rings is 3. The van der Waals surface area contributed by atoms with E-state index in [0.29, 0.717) is 12.1 Å². The zero-order valence-electron chi connectivity index (χ0n) is 18.5. The summed E-state index contributed by atoms with van der Waals surface area (Å²) in [6.07, 6.45) is 0.0700. The summed E-state index contributed by atoms with van der Waals surface area (Å²) in [5.41, 5.74) is 10.2. The van der Waals surface area contributed by atoms with Gasteiger partial charge in [0.05, 0.1) is 19.1 Å². The molecule has 0 atom stereocenters. The lowest BCUT2D eigenvalue weighted by atomic mass is 9.96. The van der Waals surface area contributed by atoms with Gasteiger partial charge in [0.1, 0.15) is 0 Å². The van der Waals surface area contributed by atoms with Crippen molar-refractivity contribution in [2.75, 3.05) is 7.11 Å². The molecule has 33 heavy (non-hydrogen) atoms. The molecule has 6 heteroatoms. The number of hydrogen-bond donors (Lipinski definition) is 1. The molecule has 2 N–H and O–H groups in total. The standard InChI is InChI=1S/C27H24N2O4/c1-17-22(15-25(28)30)23-14-19(26(31)20-10-6-7-11-21(20)27(32)33-2)12-13-24(23)29(17)16-18-8-4-3-5-9-18/h3-14H,15-16H2,1-2H3,(H2,28,30). The zero-order valence-corrected chi connectivity index (χ0v) is 18.5. The fourth-order valence-corrected chi connectivity index (χ4v) is 4.18. The first-order valence-corrected chi connectivity index (χ1v) is 10.6. The highest BCUT2D eigenvalue weighted by molar-refractivity contribution is 6.15. The Kier molecular flexibility index (Phi) is 6.09. The summed E-state index contributed by atoms with van der Waals surface area (Å²) in [4.78, 5) is 37.3. The lowest BCUT2D eigenvalue weighted by molar-refractivity contribution is -0.117. The largest absolute Gasteiger partial charge is 0.465 e. The van der Waals surface area contributed by atoms with Gasteiger partial charge in [0.15, 0.2) is 5.78 Å². The smallest absolute Gasteiger partial charge is 0.338 e. The Morgan fingerprint density at radius 3 is 2.24 bits per heavy atom. The molecule has 1 amide bonds. The molecule has 166 valence electrons. The number of rotatable bonds is 7. The highest BCUT2D eigenvalue weighted by atomic mass is 16.5.